The first-order chi connectivity index (χ1) is 6.07. The molecule has 0 aliphatic carbocycles. The lowest BCUT2D eigenvalue weighted by molar-refractivity contribution is 0.111. The molecule has 0 unspecified atom stereocenters. The van der Waals surface area contributed by atoms with Crippen molar-refractivity contribution < 1.29 is 22.4 Å². The van der Waals surface area contributed by atoms with Crippen molar-refractivity contribution in [3.05, 3.63) is 34.9 Å². The highest BCUT2D eigenvalue weighted by molar-refractivity contribution is 5.76. The van der Waals surface area contributed by atoms with E-state index in [-0.39, 0.29) is 6.29 Å². The molecule has 0 saturated heterocycles. The number of rotatable bonds is 2. The van der Waals surface area contributed by atoms with Crippen LogP contribution in [0.15, 0.2) is 12.1 Å². The lowest BCUT2D eigenvalue weighted by Gasteiger charge is -2.03. The third-order valence-electron chi connectivity index (χ3n) is 1.51. The van der Waals surface area contributed by atoms with E-state index < -0.39 is 29.2 Å². The van der Waals surface area contributed by atoms with Gasteiger partial charge in [0.05, 0.1) is 11.1 Å². The molecule has 0 saturated carbocycles. The Balaban J connectivity index is 3.35. The first-order valence-electron chi connectivity index (χ1n) is 3.29. The van der Waals surface area contributed by atoms with Gasteiger partial charge >= 0.3 is 0 Å². The van der Waals surface area contributed by atoms with Crippen LogP contribution in [0.4, 0.5) is 17.6 Å². The number of alkyl halides is 2. The Hall–Kier alpha value is -1.39. The van der Waals surface area contributed by atoms with Crippen LogP contribution in [0.1, 0.15) is 22.3 Å². The Bertz CT molecular complexity index is 335. The van der Waals surface area contributed by atoms with Crippen molar-refractivity contribution in [1.82, 2.24) is 0 Å². The highest BCUT2D eigenvalue weighted by Gasteiger charge is 2.18. The molecule has 0 bridgehead atoms. The lowest BCUT2D eigenvalue weighted by atomic mass is 10.1. The zero-order chi connectivity index (χ0) is 10.0. The van der Waals surface area contributed by atoms with E-state index in [1.54, 1.807) is 0 Å². The number of carbonyl (C=O) groups excluding carboxylic acids is 1. The fourth-order valence-corrected chi connectivity index (χ4v) is 0.863. The summed E-state index contributed by atoms with van der Waals surface area (Å²) in [4.78, 5) is 10.1. The summed E-state index contributed by atoms with van der Waals surface area (Å²) in [7, 11) is 0. The van der Waals surface area contributed by atoms with Gasteiger partial charge in [0, 0.05) is 0 Å². The standard InChI is InChI=1S/C8H4F4O/c9-6-2-1-4(8(11)12)7(10)5(6)3-13/h1-3,8H. The maximum atomic E-state index is 12.8. The monoisotopic (exact) mass is 192 g/mol. The van der Waals surface area contributed by atoms with Crippen molar-refractivity contribution in [3.8, 4) is 0 Å². The molecular weight excluding hydrogens is 188 g/mol. The number of hydrogen-bond acceptors (Lipinski definition) is 1. The maximum absolute atomic E-state index is 12.8. The Kier molecular flexibility index (Phi) is 2.65. The van der Waals surface area contributed by atoms with Crippen LogP contribution in [0.25, 0.3) is 0 Å². The Morgan fingerprint density at radius 2 is 1.85 bits per heavy atom. The van der Waals surface area contributed by atoms with E-state index in [1.165, 1.54) is 0 Å². The predicted molar refractivity (Wildman–Crippen MR) is 36.7 cm³/mol. The van der Waals surface area contributed by atoms with Gasteiger partial charge < -0.3 is 0 Å². The summed E-state index contributed by atoms with van der Waals surface area (Å²) >= 11 is 0. The van der Waals surface area contributed by atoms with Gasteiger partial charge in [-0.05, 0) is 12.1 Å². The number of halogens is 4. The number of aldehydes is 1. The summed E-state index contributed by atoms with van der Waals surface area (Å²) in [6.07, 6.45) is -3.18. The van der Waals surface area contributed by atoms with E-state index in [2.05, 4.69) is 0 Å². The number of hydrogen-bond donors (Lipinski definition) is 0. The van der Waals surface area contributed by atoms with Crippen LogP contribution in [-0.2, 0) is 0 Å². The van der Waals surface area contributed by atoms with E-state index >= 15 is 0 Å². The first kappa shape index (κ1) is 9.70. The summed E-state index contributed by atoms with van der Waals surface area (Å²) in [5.41, 5.74) is -1.93. The van der Waals surface area contributed by atoms with Crippen LogP contribution in [-0.4, -0.2) is 6.29 Å². The van der Waals surface area contributed by atoms with Gasteiger partial charge in [0.15, 0.2) is 6.29 Å². The zero-order valence-corrected chi connectivity index (χ0v) is 6.23. The van der Waals surface area contributed by atoms with E-state index in [1.807, 2.05) is 0 Å². The Morgan fingerprint density at radius 3 is 2.31 bits per heavy atom. The van der Waals surface area contributed by atoms with Gasteiger partial charge in [-0.3, -0.25) is 4.79 Å². The molecule has 5 heteroatoms. The molecule has 0 heterocycles. The van der Waals surface area contributed by atoms with Crippen molar-refractivity contribution in [2.45, 2.75) is 6.43 Å². The fourth-order valence-electron chi connectivity index (χ4n) is 0.863. The molecule has 1 nitrogen and oxygen atoms in total. The van der Waals surface area contributed by atoms with Gasteiger partial charge in [0.1, 0.15) is 11.6 Å². The van der Waals surface area contributed by atoms with E-state index in [4.69, 9.17) is 0 Å². The minimum Gasteiger partial charge on any atom is -0.298 e. The zero-order valence-electron chi connectivity index (χ0n) is 6.23. The second-order valence-corrected chi connectivity index (χ2v) is 2.28. The molecule has 0 amide bonds. The van der Waals surface area contributed by atoms with Crippen molar-refractivity contribution in [2.24, 2.45) is 0 Å². The van der Waals surface area contributed by atoms with Crippen molar-refractivity contribution in [1.29, 1.82) is 0 Å². The van der Waals surface area contributed by atoms with Crippen LogP contribution >= 0.6 is 0 Å². The van der Waals surface area contributed by atoms with Crippen molar-refractivity contribution >= 4 is 6.29 Å². The minimum absolute atomic E-state index is 0.128. The molecule has 0 aliphatic heterocycles. The molecule has 0 fully saturated rings. The summed E-state index contributed by atoms with van der Waals surface area (Å²) in [6.45, 7) is 0. The van der Waals surface area contributed by atoms with E-state index in [0.29, 0.717) is 12.1 Å². The van der Waals surface area contributed by atoms with Crippen LogP contribution in [0.3, 0.4) is 0 Å². The smallest absolute Gasteiger partial charge is 0.266 e. The molecule has 0 aliphatic rings. The van der Waals surface area contributed by atoms with Crippen LogP contribution in [0, 0.1) is 11.6 Å². The van der Waals surface area contributed by atoms with Gasteiger partial charge in [0.2, 0.25) is 0 Å². The topological polar surface area (TPSA) is 17.1 Å². The molecule has 0 aromatic heterocycles. The van der Waals surface area contributed by atoms with Crippen LogP contribution in [0.5, 0.6) is 0 Å². The SMILES string of the molecule is O=Cc1c(F)ccc(C(F)F)c1F. The third-order valence-corrected chi connectivity index (χ3v) is 1.51. The van der Waals surface area contributed by atoms with E-state index in [9.17, 15) is 22.4 Å². The quantitative estimate of drug-likeness (QED) is 0.520. The maximum Gasteiger partial charge on any atom is 0.266 e. The normalized spacial score (nSPS) is 10.5. The average molecular weight is 192 g/mol. The third kappa shape index (κ3) is 1.68. The summed E-state index contributed by atoms with van der Waals surface area (Å²) < 4.78 is 49.4. The average Bonchev–Trinajstić information content (AvgIpc) is 2.04. The van der Waals surface area contributed by atoms with Crippen LogP contribution in [0.2, 0.25) is 0 Å². The van der Waals surface area contributed by atoms with Gasteiger partial charge in [-0.25, -0.2) is 17.6 Å². The highest BCUT2D eigenvalue weighted by atomic mass is 19.3. The molecule has 0 N–H and O–H groups in total. The first-order valence-corrected chi connectivity index (χ1v) is 3.29. The van der Waals surface area contributed by atoms with Gasteiger partial charge in [-0.1, -0.05) is 0 Å². The lowest BCUT2D eigenvalue weighted by Crippen LogP contribution is -1.99. The highest BCUT2D eigenvalue weighted by Crippen LogP contribution is 2.24. The summed E-state index contributed by atoms with van der Waals surface area (Å²) in [5, 5.41) is 0. The van der Waals surface area contributed by atoms with Crippen molar-refractivity contribution in [3.63, 3.8) is 0 Å². The van der Waals surface area contributed by atoms with E-state index in [0.717, 1.165) is 0 Å². The number of carbonyl (C=O) groups is 1. The van der Waals surface area contributed by atoms with Gasteiger partial charge in [-0.15, -0.1) is 0 Å². The molecule has 0 spiro atoms. The molecule has 0 radical (unpaired) electrons. The molecule has 1 aromatic rings. The largest absolute Gasteiger partial charge is 0.298 e. The minimum atomic E-state index is -3.06. The summed E-state index contributed by atoms with van der Waals surface area (Å²) in [5.74, 6) is -2.64. The molecule has 0 atom stereocenters. The van der Waals surface area contributed by atoms with Gasteiger partial charge in [0.25, 0.3) is 6.43 Å². The molecular formula is C8H4F4O. The fraction of sp³-hybridized carbons (Fsp3) is 0.125. The predicted octanol–water partition coefficient (Wildman–Crippen LogP) is 2.71. The summed E-state index contributed by atoms with van der Waals surface area (Å²) in [6, 6.07) is 1.25. The second-order valence-electron chi connectivity index (χ2n) is 2.28. The second kappa shape index (κ2) is 3.55. The Labute approximate surface area is 71.0 Å². The van der Waals surface area contributed by atoms with Gasteiger partial charge in [-0.2, -0.15) is 0 Å². The van der Waals surface area contributed by atoms with Crippen LogP contribution < -0.4 is 0 Å². The molecule has 70 valence electrons. The Morgan fingerprint density at radius 1 is 1.23 bits per heavy atom. The van der Waals surface area contributed by atoms with Crippen molar-refractivity contribution in [2.75, 3.05) is 0 Å². The number of benzene rings is 1. The molecule has 1 rings (SSSR count). The molecule has 1 aromatic carbocycles. The molecule has 13 heavy (non-hydrogen) atoms.